The van der Waals surface area contributed by atoms with Crippen molar-refractivity contribution in [1.82, 2.24) is 0 Å². The molecule has 0 radical (unpaired) electrons. The van der Waals surface area contributed by atoms with Gasteiger partial charge in [-0.2, -0.15) is 0 Å². The van der Waals surface area contributed by atoms with Crippen LogP contribution in [0, 0.1) is 0 Å². The molecule has 2 N–H and O–H groups in total. The molecule has 0 aromatic rings. The maximum Gasteiger partial charge on any atom is 1.00 e. The van der Waals surface area contributed by atoms with Gasteiger partial charge in [-0.25, -0.2) is 9.59 Å². The fraction of sp³-hybridized carbons (Fsp3) is 0. The van der Waals surface area contributed by atoms with Crippen molar-refractivity contribution in [3.63, 3.8) is 0 Å². The van der Waals surface area contributed by atoms with Gasteiger partial charge in [0.25, 0.3) is 0 Å². The normalized spacial score (nSPS) is 5.50. The zero-order valence-electron chi connectivity index (χ0n) is 6.71. The van der Waals surface area contributed by atoms with E-state index < -0.39 is 11.9 Å². The number of carboxylic acids is 2. The molecule has 0 amide bonds. The molecule has 0 bridgehead atoms. The Bertz CT molecular complexity index is 87.3. The Morgan fingerprint density at radius 1 is 1.12 bits per heavy atom. The molecule has 4 nitrogen and oxygen atoms in total. The van der Waals surface area contributed by atoms with E-state index in [0.29, 0.717) is 0 Å². The van der Waals surface area contributed by atoms with Crippen LogP contribution in [0.2, 0.25) is 0 Å². The van der Waals surface area contributed by atoms with Crippen LogP contribution in [0.1, 0.15) is 4.28 Å². The molecule has 0 spiro atoms. The zero-order valence-corrected chi connectivity index (χ0v) is 11.0. The van der Waals surface area contributed by atoms with Crippen molar-refractivity contribution in [3.05, 3.63) is 0 Å². The molecular weight excluding hydrogens is 166 g/mol. The third-order valence-corrected chi connectivity index (χ3v) is 0.183. The van der Waals surface area contributed by atoms with Crippen molar-refractivity contribution in [2.24, 2.45) is 0 Å². The Labute approximate surface area is 135 Å². The van der Waals surface area contributed by atoms with E-state index >= 15 is 0 Å². The van der Waals surface area contributed by atoms with Gasteiger partial charge in [0.1, 0.15) is 0 Å². The summed E-state index contributed by atoms with van der Waals surface area (Å²) in [4.78, 5) is 18.2. The molecule has 0 saturated heterocycles. The van der Waals surface area contributed by atoms with E-state index in [9.17, 15) is 0 Å². The van der Waals surface area contributed by atoms with Crippen LogP contribution in [-0.2, 0) is 9.59 Å². The SMILES string of the molecule is O=C(O)C(=O)O.[H-].[H-].[HH].[K+].[K+]. The maximum atomic E-state index is 9.10. The molecule has 0 aliphatic carbocycles. The van der Waals surface area contributed by atoms with Crippen LogP contribution in [0.5, 0.6) is 0 Å². The molecule has 40 valence electrons. The molecule has 0 rings (SSSR count). The molecule has 0 aliphatic rings. The average molecular weight is 172 g/mol. The Balaban J connectivity index is -0.0000000125. The summed E-state index contributed by atoms with van der Waals surface area (Å²) in [7, 11) is 0. The molecule has 8 heavy (non-hydrogen) atoms. The Morgan fingerprint density at radius 2 is 1.25 bits per heavy atom. The van der Waals surface area contributed by atoms with Crippen molar-refractivity contribution in [3.8, 4) is 0 Å². The standard InChI is InChI=1S/C2H2O4.2K.H2.2H/c3-1(4)2(5)6;;;;;/h(H,3,4)(H,5,6);;;1H;;/q;2*+1;;2*-1. The summed E-state index contributed by atoms with van der Waals surface area (Å²) in [5.41, 5.74) is 0. The number of rotatable bonds is 0. The Morgan fingerprint density at radius 3 is 1.25 bits per heavy atom. The number of carboxylic acid groups (broad SMARTS) is 2. The van der Waals surface area contributed by atoms with E-state index in [-0.39, 0.29) is 107 Å². The van der Waals surface area contributed by atoms with Gasteiger partial charge in [0, 0.05) is 1.43 Å². The molecule has 0 aliphatic heterocycles. The smallest absolute Gasteiger partial charge is 1.00 e. The second-order valence-corrected chi connectivity index (χ2v) is 0.610. The number of aliphatic carboxylic acids is 2. The van der Waals surface area contributed by atoms with E-state index in [2.05, 4.69) is 0 Å². The zero-order chi connectivity index (χ0) is 5.15. The van der Waals surface area contributed by atoms with Gasteiger partial charge in [-0.1, -0.05) is 0 Å². The first-order chi connectivity index (χ1) is 2.64. The summed E-state index contributed by atoms with van der Waals surface area (Å²) in [5, 5.41) is 14.8. The first kappa shape index (κ1) is 16.7. The fourth-order valence-electron chi connectivity index (χ4n) is 0. The summed E-state index contributed by atoms with van der Waals surface area (Å²) in [5.74, 6) is -3.65. The largest absolute Gasteiger partial charge is 1.00 e. The minimum Gasteiger partial charge on any atom is -1.00 e. The predicted molar refractivity (Wildman–Crippen MR) is 19.6 cm³/mol. The predicted octanol–water partition coefficient (Wildman–Crippen LogP) is -6.37. The molecule has 6 heteroatoms. The van der Waals surface area contributed by atoms with Gasteiger partial charge in [0.2, 0.25) is 0 Å². The summed E-state index contributed by atoms with van der Waals surface area (Å²) >= 11 is 0. The summed E-state index contributed by atoms with van der Waals surface area (Å²) in [6, 6.07) is 0. The third-order valence-electron chi connectivity index (χ3n) is 0.183. The monoisotopic (exact) mass is 172 g/mol. The van der Waals surface area contributed by atoms with Crippen molar-refractivity contribution >= 4 is 11.9 Å². The van der Waals surface area contributed by atoms with Crippen molar-refractivity contribution in [1.29, 1.82) is 0 Å². The molecule has 0 fully saturated rings. The van der Waals surface area contributed by atoms with E-state index in [0.717, 1.165) is 0 Å². The van der Waals surface area contributed by atoms with Crippen LogP contribution < -0.4 is 103 Å². The van der Waals surface area contributed by atoms with Gasteiger partial charge < -0.3 is 13.1 Å². The van der Waals surface area contributed by atoms with Crippen molar-refractivity contribution in [2.75, 3.05) is 0 Å². The maximum absolute atomic E-state index is 9.10. The number of hydrogen-bond acceptors (Lipinski definition) is 2. The van der Waals surface area contributed by atoms with Crippen LogP contribution >= 0.6 is 0 Å². The van der Waals surface area contributed by atoms with E-state index in [1.807, 2.05) is 0 Å². The first-order valence-electron chi connectivity index (χ1n) is 1.11. The van der Waals surface area contributed by atoms with Crippen LogP contribution in [0.25, 0.3) is 0 Å². The summed E-state index contributed by atoms with van der Waals surface area (Å²) in [6.45, 7) is 0. The van der Waals surface area contributed by atoms with Crippen LogP contribution in [0.15, 0.2) is 0 Å². The second kappa shape index (κ2) is 9.21. The molecule has 0 aromatic carbocycles. The van der Waals surface area contributed by atoms with Gasteiger partial charge in [-0.15, -0.1) is 0 Å². The van der Waals surface area contributed by atoms with Gasteiger partial charge in [-0.3, -0.25) is 0 Å². The topological polar surface area (TPSA) is 74.6 Å². The Hall–Kier alpha value is 2.21. The van der Waals surface area contributed by atoms with Gasteiger partial charge in [-0.05, 0) is 0 Å². The average Bonchev–Trinajstić information content (AvgIpc) is 1.36. The molecule has 0 heterocycles. The van der Waals surface area contributed by atoms with E-state index in [1.54, 1.807) is 0 Å². The third kappa shape index (κ3) is 11.1. The minimum absolute atomic E-state index is 0. The van der Waals surface area contributed by atoms with Gasteiger partial charge in [0.15, 0.2) is 0 Å². The molecule has 0 unspecified atom stereocenters. The van der Waals surface area contributed by atoms with Crippen molar-refractivity contribution in [2.45, 2.75) is 0 Å². The number of hydrogen-bond donors (Lipinski definition) is 2. The first-order valence-corrected chi connectivity index (χ1v) is 1.11. The summed E-state index contributed by atoms with van der Waals surface area (Å²) in [6.07, 6.45) is 0. The molecule has 0 aromatic heterocycles. The fourth-order valence-corrected chi connectivity index (χ4v) is 0. The van der Waals surface area contributed by atoms with E-state index in [1.165, 1.54) is 0 Å². The van der Waals surface area contributed by atoms with Crippen molar-refractivity contribution < 1.29 is 127 Å². The van der Waals surface area contributed by atoms with Gasteiger partial charge in [0.05, 0.1) is 0 Å². The van der Waals surface area contributed by atoms with Gasteiger partial charge >= 0.3 is 115 Å². The Kier molecular flexibility index (Phi) is 19.2. The molecule has 0 atom stereocenters. The molecule has 0 saturated carbocycles. The van der Waals surface area contributed by atoms with Crippen LogP contribution in [-0.4, -0.2) is 22.2 Å². The van der Waals surface area contributed by atoms with Crippen LogP contribution in [0.4, 0.5) is 0 Å². The number of carbonyl (C=O) groups is 2. The minimum atomic E-state index is -1.82. The van der Waals surface area contributed by atoms with E-state index in [4.69, 9.17) is 19.8 Å². The second-order valence-electron chi connectivity index (χ2n) is 0.610. The van der Waals surface area contributed by atoms with Crippen LogP contribution in [0.3, 0.4) is 0 Å². The quantitative estimate of drug-likeness (QED) is 0.281. The summed E-state index contributed by atoms with van der Waals surface area (Å²) < 4.78 is 0. The molecular formula is C2H6K2O4.